The molecule has 8 heteroatoms. The largest absolute Gasteiger partial charge is 0.480 e. The molecule has 0 bridgehead atoms. The van der Waals surface area contributed by atoms with E-state index in [9.17, 15) is 28.7 Å². The van der Waals surface area contributed by atoms with Gasteiger partial charge in [-0.15, -0.1) is 0 Å². The number of carboxylic acids is 1. The van der Waals surface area contributed by atoms with Gasteiger partial charge in [-0.05, 0) is 79.4 Å². The molecular formula is C26H35FN2O5. The minimum atomic E-state index is -1.27. The number of nitrogens with zero attached hydrogens (tertiary/aromatic N) is 1. The maximum atomic E-state index is 14.2. The Bertz CT molecular complexity index is 1160. The van der Waals surface area contributed by atoms with Crippen molar-refractivity contribution < 1.29 is 19.1 Å². The molecule has 1 aromatic rings. The molecule has 0 amide bonds. The Morgan fingerprint density at radius 1 is 1.09 bits per heavy atom. The van der Waals surface area contributed by atoms with Crippen LogP contribution in [0.1, 0.15) is 84.6 Å². The number of carboxylic acid groups (broad SMARTS) is 1. The van der Waals surface area contributed by atoms with Crippen LogP contribution in [0.5, 0.6) is 0 Å². The van der Waals surface area contributed by atoms with Crippen molar-refractivity contribution >= 4 is 11.8 Å². The van der Waals surface area contributed by atoms with Crippen molar-refractivity contribution in [1.82, 2.24) is 9.55 Å². The van der Waals surface area contributed by atoms with E-state index in [1.165, 1.54) is 0 Å². The summed E-state index contributed by atoms with van der Waals surface area (Å²) in [5, 5.41) is 10.3. The number of hydrogen-bond acceptors (Lipinski definition) is 4. The first-order chi connectivity index (χ1) is 15.9. The Balaban J connectivity index is 1.53. The van der Waals surface area contributed by atoms with Gasteiger partial charge in [0.1, 0.15) is 11.8 Å². The van der Waals surface area contributed by atoms with E-state index in [0.29, 0.717) is 48.7 Å². The van der Waals surface area contributed by atoms with Crippen molar-refractivity contribution in [2.45, 2.75) is 84.6 Å². The Labute approximate surface area is 198 Å². The van der Waals surface area contributed by atoms with E-state index >= 15 is 0 Å². The maximum absolute atomic E-state index is 14.2. The fourth-order valence-electron chi connectivity index (χ4n) is 9.15. The first kappa shape index (κ1) is 23.5. The zero-order chi connectivity index (χ0) is 24.6. The van der Waals surface area contributed by atoms with Gasteiger partial charge in [-0.25, -0.2) is 9.59 Å². The SMILES string of the molecule is C[C@]12CCC(=O)C[C@H]1CC[C@@H]1[C@@H]2CC[C@@]2(C)[C@H]1CC[C@]2(C)[C@@H](C(=O)O)n1cc(F)c(=O)[nH]c1=O. The molecule has 0 aromatic carbocycles. The number of aromatic amines is 1. The van der Waals surface area contributed by atoms with Crippen molar-refractivity contribution in [3.63, 3.8) is 0 Å². The standard InChI is InChI=1S/C26H35FN2O5/c1-24-9-6-15(30)12-14(24)4-5-16-17(24)7-10-25(2)18(16)8-11-26(25,3)20(22(32)33)29-13-19(27)21(31)28-23(29)34/h13-14,16-18,20H,4-12H2,1-3H3,(H,32,33)(H,28,31,34)/t14-,16-,17+,18+,20-,24+,25+,26-/m1/s1. The molecule has 8 atom stereocenters. The van der Waals surface area contributed by atoms with Crippen molar-refractivity contribution in [1.29, 1.82) is 0 Å². The molecule has 186 valence electrons. The van der Waals surface area contributed by atoms with Gasteiger partial charge in [0.15, 0.2) is 0 Å². The predicted octanol–water partition coefficient (Wildman–Crippen LogP) is 3.92. The van der Waals surface area contributed by atoms with Crippen LogP contribution in [0.25, 0.3) is 0 Å². The number of aromatic nitrogens is 2. The van der Waals surface area contributed by atoms with Crippen LogP contribution in [0.2, 0.25) is 0 Å². The molecule has 0 aliphatic heterocycles. The molecule has 0 radical (unpaired) electrons. The molecule has 4 aliphatic carbocycles. The van der Waals surface area contributed by atoms with E-state index in [-0.39, 0.29) is 10.8 Å². The molecule has 1 aromatic heterocycles. The number of rotatable bonds is 3. The minimum Gasteiger partial charge on any atom is -0.480 e. The molecule has 7 nitrogen and oxygen atoms in total. The van der Waals surface area contributed by atoms with Gasteiger partial charge in [0.05, 0.1) is 6.20 Å². The number of aliphatic carboxylic acids is 1. The average molecular weight is 475 g/mol. The summed E-state index contributed by atoms with van der Waals surface area (Å²) in [5.41, 5.74) is -2.98. The summed E-state index contributed by atoms with van der Waals surface area (Å²) in [7, 11) is 0. The Kier molecular flexibility index (Phi) is 5.27. The molecule has 34 heavy (non-hydrogen) atoms. The van der Waals surface area contributed by atoms with E-state index in [0.717, 1.165) is 49.3 Å². The number of ketones is 1. The molecule has 5 rings (SSSR count). The third kappa shape index (κ3) is 3.05. The van der Waals surface area contributed by atoms with Crippen molar-refractivity contribution in [3.05, 3.63) is 32.9 Å². The van der Waals surface area contributed by atoms with Crippen LogP contribution in [0, 0.1) is 45.7 Å². The van der Waals surface area contributed by atoms with Crippen LogP contribution in [0.4, 0.5) is 4.39 Å². The van der Waals surface area contributed by atoms with Crippen molar-refractivity contribution in [2.75, 3.05) is 0 Å². The third-order valence-electron chi connectivity index (χ3n) is 11.2. The number of nitrogens with one attached hydrogen (secondary N) is 1. The van der Waals surface area contributed by atoms with E-state index in [4.69, 9.17) is 0 Å². The number of Topliss-reactive ketones (excluding diaryl/α,β-unsaturated/α-hetero) is 1. The monoisotopic (exact) mass is 474 g/mol. The van der Waals surface area contributed by atoms with E-state index in [1.807, 2.05) is 11.9 Å². The Morgan fingerprint density at radius 3 is 2.50 bits per heavy atom. The lowest BCUT2D eigenvalue weighted by Crippen LogP contribution is -2.57. The second kappa shape index (κ2) is 7.62. The summed E-state index contributed by atoms with van der Waals surface area (Å²) in [6, 6.07) is -1.27. The highest BCUT2D eigenvalue weighted by Crippen LogP contribution is 2.72. The highest BCUT2D eigenvalue weighted by Gasteiger charge is 2.66. The number of H-pyrrole nitrogens is 1. The molecule has 0 unspecified atom stereocenters. The second-order valence-corrected chi connectivity index (χ2v) is 12.2. The fraction of sp³-hybridized carbons (Fsp3) is 0.769. The van der Waals surface area contributed by atoms with Crippen LogP contribution in [0.3, 0.4) is 0 Å². The Morgan fingerprint density at radius 2 is 1.79 bits per heavy atom. The lowest BCUT2D eigenvalue weighted by Gasteiger charge is -2.62. The van der Waals surface area contributed by atoms with Gasteiger partial charge >= 0.3 is 11.7 Å². The topological polar surface area (TPSA) is 109 Å². The lowest BCUT2D eigenvalue weighted by atomic mass is 9.43. The van der Waals surface area contributed by atoms with E-state index < -0.39 is 34.5 Å². The molecule has 2 N–H and O–H groups in total. The maximum Gasteiger partial charge on any atom is 0.329 e. The first-order valence-electron chi connectivity index (χ1n) is 12.7. The summed E-state index contributed by atoms with van der Waals surface area (Å²) in [6.45, 7) is 6.48. The third-order valence-corrected chi connectivity index (χ3v) is 11.2. The number of carbonyl (C=O) groups excluding carboxylic acids is 1. The smallest absolute Gasteiger partial charge is 0.329 e. The summed E-state index contributed by atoms with van der Waals surface area (Å²) in [5.74, 6) is -0.196. The van der Waals surface area contributed by atoms with Crippen LogP contribution >= 0.6 is 0 Å². The second-order valence-electron chi connectivity index (χ2n) is 12.2. The molecule has 4 fully saturated rings. The van der Waals surface area contributed by atoms with Crippen LogP contribution < -0.4 is 11.2 Å². The van der Waals surface area contributed by atoms with Gasteiger partial charge in [-0.1, -0.05) is 20.8 Å². The highest BCUT2D eigenvalue weighted by atomic mass is 19.1. The molecule has 0 saturated heterocycles. The van der Waals surface area contributed by atoms with Gasteiger partial charge in [-0.2, -0.15) is 4.39 Å². The van der Waals surface area contributed by atoms with Gasteiger partial charge in [0, 0.05) is 18.3 Å². The van der Waals surface area contributed by atoms with Gasteiger partial charge in [0.2, 0.25) is 5.82 Å². The highest BCUT2D eigenvalue weighted by molar-refractivity contribution is 5.79. The normalized spacial score (nSPS) is 42.4. The van der Waals surface area contributed by atoms with Gasteiger partial charge in [0.25, 0.3) is 5.56 Å². The predicted molar refractivity (Wildman–Crippen MR) is 123 cm³/mol. The van der Waals surface area contributed by atoms with Gasteiger partial charge < -0.3 is 5.11 Å². The van der Waals surface area contributed by atoms with Crippen LogP contribution in [-0.4, -0.2) is 26.4 Å². The average Bonchev–Trinajstić information content (AvgIpc) is 3.03. The minimum absolute atomic E-state index is 0.155. The van der Waals surface area contributed by atoms with Crippen molar-refractivity contribution in [3.8, 4) is 0 Å². The number of hydrogen-bond donors (Lipinski definition) is 2. The quantitative estimate of drug-likeness (QED) is 0.690. The lowest BCUT2D eigenvalue weighted by molar-refractivity contribution is -0.159. The number of halogens is 1. The van der Waals surface area contributed by atoms with Gasteiger partial charge in [-0.3, -0.25) is 19.1 Å². The summed E-state index contributed by atoms with van der Waals surface area (Å²) >= 11 is 0. The molecule has 4 aliphatic rings. The number of fused-ring (bicyclic) bond motifs is 5. The molecule has 0 spiro atoms. The van der Waals surface area contributed by atoms with E-state index in [2.05, 4.69) is 13.8 Å². The van der Waals surface area contributed by atoms with Crippen molar-refractivity contribution in [2.24, 2.45) is 39.9 Å². The summed E-state index contributed by atoms with van der Waals surface area (Å²) in [4.78, 5) is 50.9. The van der Waals surface area contributed by atoms with E-state index in [1.54, 1.807) is 0 Å². The zero-order valence-corrected chi connectivity index (χ0v) is 20.2. The van der Waals surface area contributed by atoms with Crippen LogP contribution in [-0.2, 0) is 9.59 Å². The Hall–Kier alpha value is -2.25. The zero-order valence-electron chi connectivity index (χ0n) is 20.2. The molecule has 1 heterocycles. The summed E-state index contributed by atoms with van der Waals surface area (Å²) in [6.07, 6.45) is 8.49. The summed E-state index contributed by atoms with van der Waals surface area (Å²) < 4.78 is 15.0. The van der Waals surface area contributed by atoms with Crippen LogP contribution in [0.15, 0.2) is 15.8 Å². The first-order valence-corrected chi connectivity index (χ1v) is 12.7. The molecule has 4 saturated carbocycles. The molecular weight excluding hydrogens is 439 g/mol. The fourth-order valence-corrected chi connectivity index (χ4v) is 9.15. The number of carbonyl (C=O) groups is 2.